The molecule has 0 atom stereocenters. The number of amides is 1. The molecule has 0 aromatic heterocycles. The molecule has 11 heteroatoms. The molecule has 3 aromatic carbocycles. The second kappa shape index (κ2) is 12.3. The number of anilines is 2. The number of carbonyl (C=O) groups is 1. The van der Waals surface area contributed by atoms with E-state index in [2.05, 4.69) is 31.3 Å². The molecule has 190 valence electrons. The second-order valence-corrected chi connectivity index (χ2v) is 10.8. The van der Waals surface area contributed by atoms with E-state index in [0.29, 0.717) is 40.4 Å². The Balaban J connectivity index is 1.59. The minimum absolute atomic E-state index is 0.0700. The van der Waals surface area contributed by atoms with Gasteiger partial charge in [0.25, 0.3) is 15.9 Å². The second-order valence-electron chi connectivity index (χ2n) is 7.84. The molecular weight excluding hydrogens is 566 g/mol. The van der Waals surface area contributed by atoms with E-state index in [1.54, 1.807) is 43.5 Å². The van der Waals surface area contributed by atoms with E-state index in [9.17, 15) is 13.2 Å². The van der Waals surface area contributed by atoms with Crippen molar-refractivity contribution in [2.24, 2.45) is 0 Å². The van der Waals surface area contributed by atoms with Crippen molar-refractivity contribution in [1.29, 1.82) is 0 Å². The van der Waals surface area contributed by atoms with E-state index in [-0.39, 0.29) is 10.0 Å². The normalized spacial score (nSPS) is 11.0. The number of ether oxygens (including phenoxy) is 2. The highest BCUT2D eigenvalue weighted by molar-refractivity contribution is 9.10. The van der Waals surface area contributed by atoms with Crippen LogP contribution in [0.5, 0.6) is 5.75 Å². The summed E-state index contributed by atoms with van der Waals surface area (Å²) in [4.78, 5) is 12.7. The van der Waals surface area contributed by atoms with Crippen molar-refractivity contribution >= 4 is 60.6 Å². The zero-order valence-corrected chi connectivity index (χ0v) is 23.1. The number of hydrogen-bond donors (Lipinski definition) is 3. The van der Waals surface area contributed by atoms with E-state index < -0.39 is 15.9 Å². The summed E-state index contributed by atoms with van der Waals surface area (Å²) in [5.74, 6) is 0.180. The Hall–Kier alpha value is -2.99. The number of methoxy groups -OCH3 is 1. The average molecular weight is 593 g/mol. The minimum Gasteiger partial charge on any atom is -0.490 e. The molecule has 1 amide bonds. The lowest BCUT2D eigenvalue weighted by Crippen LogP contribution is -2.34. The number of thiocarbonyl (C=S) groups is 1. The van der Waals surface area contributed by atoms with Crippen LogP contribution in [0, 0.1) is 13.8 Å². The number of nitrogens with one attached hydrogen (secondary N) is 3. The van der Waals surface area contributed by atoms with E-state index in [0.717, 1.165) is 11.1 Å². The summed E-state index contributed by atoms with van der Waals surface area (Å²) in [5, 5.41) is 5.55. The van der Waals surface area contributed by atoms with Crippen LogP contribution >= 0.6 is 28.1 Å². The van der Waals surface area contributed by atoms with Crippen LogP contribution in [0.25, 0.3) is 0 Å². The Morgan fingerprint density at radius 2 is 1.72 bits per heavy atom. The molecule has 3 rings (SSSR count). The first-order valence-electron chi connectivity index (χ1n) is 10.8. The van der Waals surface area contributed by atoms with Gasteiger partial charge in [-0.1, -0.05) is 17.7 Å². The van der Waals surface area contributed by atoms with Crippen LogP contribution in [0.15, 0.2) is 70.0 Å². The third-order valence-corrected chi connectivity index (χ3v) is 7.22. The van der Waals surface area contributed by atoms with Gasteiger partial charge in [-0.15, -0.1) is 0 Å². The quantitative estimate of drug-likeness (QED) is 0.237. The topological polar surface area (TPSA) is 106 Å². The highest BCUT2D eigenvalue weighted by Gasteiger charge is 2.16. The first-order valence-corrected chi connectivity index (χ1v) is 13.5. The fraction of sp³-hybridized carbons (Fsp3) is 0.200. The van der Waals surface area contributed by atoms with Crippen LogP contribution in [0.4, 0.5) is 11.4 Å². The summed E-state index contributed by atoms with van der Waals surface area (Å²) in [5.41, 5.74) is 3.30. The van der Waals surface area contributed by atoms with Gasteiger partial charge < -0.3 is 14.8 Å². The van der Waals surface area contributed by atoms with Gasteiger partial charge in [0.2, 0.25) is 0 Å². The number of sulfonamides is 1. The van der Waals surface area contributed by atoms with Crippen molar-refractivity contribution < 1.29 is 22.7 Å². The van der Waals surface area contributed by atoms with Gasteiger partial charge in [-0.3, -0.25) is 14.8 Å². The lowest BCUT2D eigenvalue weighted by Gasteiger charge is -2.13. The molecule has 0 aliphatic rings. The molecule has 3 N–H and O–H groups in total. The van der Waals surface area contributed by atoms with Crippen molar-refractivity contribution in [3.8, 4) is 5.75 Å². The Kier molecular flexibility index (Phi) is 9.43. The largest absolute Gasteiger partial charge is 0.490 e. The smallest absolute Gasteiger partial charge is 0.261 e. The predicted octanol–water partition coefficient (Wildman–Crippen LogP) is 5.02. The molecule has 0 fully saturated rings. The summed E-state index contributed by atoms with van der Waals surface area (Å²) in [6, 6.07) is 16.5. The highest BCUT2D eigenvalue weighted by atomic mass is 79.9. The molecule has 0 aliphatic carbocycles. The molecule has 0 radical (unpaired) electrons. The Bertz CT molecular complexity index is 1360. The molecule has 0 aliphatic heterocycles. The van der Waals surface area contributed by atoms with Crippen LogP contribution in [0.3, 0.4) is 0 Å². The van der Waals surface area contributed by atoms with Crippen molar-refractivity contribution in [3.63, 3.8) is 0 Å². The fourth-order valence-electron chi connectivity index (χ4n) is 3.18. The minimum atomic E-state index is -3.77. The third kappa shape index (κ3) is 7.50. The average Bonchev–Trinajstić information content (AvgIpc) is 2.82. The van der Waals surface area contributed by atoms with Crippen LogP contribution in [-0.2, 0) is 14.8 Å². The van der Waals surface area contributed by atoms with Gasteiger partial charge in [-0.25, -0.2) is 8.42 Å². The van der Waals surface area contributed by atoms with E-state index >= 15 is 0 Å². The van der Waals surface area contributed by atoms with Gasteiger partial charge in [0.15, 0.2) is 5.11 Å². The molecule has 3 aromatic rings. The Morgan fingerprint density at radius 1 is 1.00 bits per heavy atom. The van der Waals surface area contributed by atoms with Crippen LogP contribution in [-0.4, -0.2) is 39.8 Å². The number of carbonyl (C=O) groups excluding carboxylic acids is 1. The monoisotopic (exact) mass is 591 g/mol. The maximum absolute atomic E-state index is 12.8. The standard InChI is InChI=1S/C25H26BrN3O5S2/c1-16-4-10-22(17(2)14-16)29-36(31,32)20-8-6-19(7-9-20)27-25(35)28-24(30)18-5-11-23(21(26)15-18)34-13-12-33-3/h4-11,14-15,29H,12-13H2,1-3H3,(H2,27,28,30,35). The molecule has 0 saturated heterocycles. The number of hydrogen-bond acceptors (Lipinski definition) is 6. The molecule has 0 unspecified atom stereocenters. The summed E-state index contributed by atoms with van der Waals surface area (Å²) in [6.07, 6.45) is 0. The van der Waals surface area contributed by atoms with E-state index in [4.69, 9.17) is 21.7 Å². The SMILES string of the molecule is COCCOc1ccc(C(=O)NC(=S)Nc2ccc(S(=O)(=O)Nc3ccc(C)cc3C)cc2)cc1Br. The Morgan fingerprint density at radius 3 is 2.36 bits per heavy atom. The highest BCUT2D eigenvalue weighted by Crippen LogP contribution is 2.26. The number of aryl methyl sites for hydroxylation is 2. The van der Waals surface area contributed by atoms with Crippen molar-refractivity contribution in [2.75, 3.05) is 30.4 Å². The number of halogens is 1. The van der Waals surface area contributed by atoms with Crippen LogP contribution in [0.1, 0.15) is 21.5 Å². The van der Waals surface area contributed by atoms with Crippen molar-refractivity contribution in [2.45, 2.75) is 18.7 Å². The lowest BCUT2D eigenvalue weighted by atomic mass is 10.1. The number of rotatable bonds is 9. The first-order chi connectivity index (χ1) is 17.1. The van der Waals surface area contributed by atoms with Crippen molar-refractivity contribution in [1.82, 2.24) is 5.32 Å². The Labute approximate surface area is 224 Å². The summed E-state index contributed by atoms with van der Waals surface area (Å²) < 4.78 is 39.3. The molecule has 0 spiro atoms. The van der Waals surface area contributed by atoms with Gasteiger partial charge in [0, 0.05) is 18.4 Å². The van der Waals surface area contributed by atoms with E-state index in [1.807, 2.05) is 26.0 Å². The predicted molar refractivity (Wildman–Crippen MR) is 148 cm³/mol. The van der Waals surface area contributed by atoms with Gasteiger partial charge in [-0.05, 0) is 96.1 Å². The molecule has 36 heavy (non-hydrogen) atoms. The maximum Gasteiger partial charge on any atom is 0.261 e. The summed E-state index contributed by atoms with van der Waals surface area (Å²) >= 11 is 8.62. The summed E-state index contributed by atoms with van der Waals surface area (Å²) in [6.45, 7) is 4.62. The molecule has 0 heterocycles. The van der Waals surface area contributed by atoms with Gasteiger partial charge in [0.05, 0.1) is 21.7 Å². The lowest BCUT2D eigenvalue weighted by molar-refractivity contribution is 0.0977. The summed E-state index contributed by atoms with van der Waals surface area (Å²) in [7, 11) is -2.18. The van der Waals surface area contributed by atoms with Crippen LogP contribution < -0.4 is 20.1 Å². The van der Waals surface area contributed by atoms with Gasteiger partial charge in [-0.2, -0.15) is 0 Å². The molecule has 0 saturated carbocycles. The molecular formula is C25H26BrN3O5S2. The van der Waals surface area contributed by atoms with Gasteiger partial charge >= 0.3 is 0 Å². The third-order valence-electron chi connectivity index (χ3n) is 5.01. The van der Waals surface area contributed by atoms with E-state index in [1.165, 1.54) is 12.1 Å². The van der Waals surface area contributed by atoms with Crippen LogP contribution in [0.2, 0.25) is 0 Å². The zero-order valence-electron chi connectivity index (χ0n) is 19.9. The van der Waals surface area contributed by atoms with Crippen molar-refractivity contribution in [3.05, 3.63) is 81.8 Å². The first kappa shape index (κ1) is 27.6. The zero-order chi connectivity index (χ0) is 26.3. The molecule has 8 nitrogen and oxygen atoms in total. The maximum atomic E-state index is 12.8. The molecule has 0 bridgehead atoms. The number of benzene rings is 3. The fourth-order valence-corrected chi connectivity index (χ4v) is 5.02. The van der Waals surface area contributed by atoms with Gasteiger partial charge in [0.1, 0.15) is 12.4 Å².